The van der Waals surface area contributed by atoms with Gasteiger partial charge < -0.3 is 45.2 Å². The van der Waals surface area contributed by atoms with Gasteiger partial charge in [-0.25, -0.2) is 4.79 Å². The van der Waals surface area contributed by atoms with Crippen molar-refractivity contribution in [2.45, 2.75) is 43.5 Å². The molecule has 0 amide bonds. The first-order valence-corrected chi connectivity index (χ1v) is 9.56. The molecule has 10 nitrogen and oxygen atoms in total. The number of aliphatic hydroxyl groups excluding tert-OH is 4. The van der Waals surface area contributed by atoms with Crippen molar-refractivity contribution in [2.75, 3.05) is 6.61 Å². The zero-order chi connectivity index (χ0) is 22.7. The molecule has 31 heavy (non-hydrogen) atoms. The summed E-state index contributed by atoms with van der Waals surface area (Å²) in [4.78, 5) is 11.4. The lowest BCUT2D eigenvalue weighted by atomic mass is 9.98. The van der Waals surface area contributed by atoms with Crippen molar-refractivity contribution in [3.63, 3.8) is 0 Å². The first kappa shape index (κ1) is 22.8. The Morgan fingerprint density at radius 1 is 0.968 bits per heavy atom. The van der Waals surface area contributed by atoms with Gasteiger partial charge in [0.2, 0.25) is 6.29 Å². The van der Waals surface area contributed by atoms with Gasteiger partial charge in [-0.1, -0.05) is 18.2 Å². The van der Waals surface area contributed by atoms with Crippen molar-refractivity contribution >= 4 is 5.97 Å². The van der Waals surface area contributed by atoms with E-state index in [9.17, 15) is 40.5 Å². The van der Waals surface area contributed by atoms with E-state index in [0.29, 0.717) is 17.5 Å². The van der Waals surface area contributed by atoms with Gasteiger partial charge in [-0.3, -0.25) is 0 Å². The van der Waals surface area contributed by atoms with Crippen LogP contribution < -0.4 is 4.74 Å². The third-order valence-corrected chi connectivity index (χ3v) is 5.14. The standard InChI is InChI=1S/C21H24O10/c22-9-15-17(25)18(26)19(27)21(31-15)30-14-8-10(5-7-12(14)23)4-6-11-2-1-3-13(24)16(11)20(28)29/h1-3,5,7-8,15,17-19,21-27H,4,6,9H2,(H,28,29). The fourth-order valence-electron chi connectivity index (χ4n) is 3.42. The Labute approximate surface area is 177 Å². The van der Waals surface area contributed by atoms with Gasteiger partial charge in [0, 0.05) is 0 Å². The number of carboxylic acid groups (broad SMARTS) is 1. The molecule has 5 unspecified atom stereocenters. The molecule has 1 fully saturated rings. The maximum absolute atomic E-state index is 11.4. The number of carboxylic acids is 1. The molecule has 3 rings (SSSR count). The second-order valence-corrected chi connectivity index (χ2v) is 7.23. The fourth-order valence-corrected chi connectivity index (χ4v) is 3.42. The van der Waals surface area contributed by atoms with E-state index in [1.165, 1.54) is 18.2 Å². The Morgan fingerprint density at radius 3 is 2.39 bits per heavy atom. The van der Waals surface area contributed by atoms with Crippen LogP contribution in [0.2, 0.25) is 0 Å². The summed E-state index contributed by atoms with van der Waals surface area (Å²) >= 11 is 0. The topological polar surface area (TPSA) is 177 Å². The third-order valence-electron chi connectivity index (χ3n) is 5.14. The van der Waals surface area contributed by atoms with Gasteiger partial charge in [-0.15, -0.1) is 0 Å². The maximum atomic E-state index is 11.4. The molecular formula is C21H24O10. The molecule has 0 radical (unpaired) electrons. The molecule has 0 saturated carbocycles. The summed E-state index contributed by atoms with van der Waals surface area (Å²) in [7, 11) is 0. The van der Waals surface area contributed by atoms with Crippen LogP contribution in [-0.4, -0.2) is 79.0 Å². The highest BCUT2D eigenvalue weighted by Gasteiger charge is 2.44. The molecule has 0 bridgehead atoms. The van der Waals surface area contributed by atoms with Crippen molar-refractivity contribution in [1.82, 2.24) is 0 Å². The largest absolute Gasteiger partial charge is 0.507 e. The lowest BCUT2D eigenvalue weighted by Crippen LogP contribution is -2.60. The second kappa shape index (κ2) is 9.50. The molecule has 0 spiro atoms. The first-order chi connectivity index (χ1) is 14.7. The molecule has 1 saturated heterocycles. The van der Waals surface area contributed by atoms with Crippen molar-refractivity contribution in [1.29, 1.82) is 0 Å². The summed E-state index contributed by atoms with van der Waals surface area (Å²) < 4.78 is 10.8. The van der Waals surface area contributed by atoms with Crippen LogP contribution in [0.1, 0.15) is 21.5 Å². The van der Waals surface area contributed by atoms with Crippen LogP contribution >= 0.6 is 0 Å². The van der Waals surface area contributed by atoms with Gasteiger partial charge >= 0.3 is 5.97 Å². The number of rotatable bonds is 7. The second-order valence-electron chi connectivity index (χ2n) is 7.23. The number of aromatic carboxylic acids is 1. The lowest BCUT2D eigenvalue weighted by molar-refractivity contribution is -0.277. The average Bonchev–Trinajstić information content (AvgIpc) is 2.74. The minimum Gasteiger partial charge on any atom is -0.507 e. The molecule has 1 heterocycles. The average molecular weight is 436 g/mol. The Morgan fingerprint density at radius 2 is 1.71 bits per heavy atom. The summed E-state index contributed by atoms with van der Waals surface area (Å²) in [6, 6.07) is 8.82. The maximum Gasteiger partial charge on any atom is 0.339 e. The van der Waals surface area contributed by atoms with Crippen LogP contribution in [0.4, 0.5) is 0 Å². The van der Waals surface area contributed by atoms with Crippen LogP contribution in [0, 0.1) is 0 Å². The first-order valence-electron chi connectivity index (χ1n) is 9.56. The van der Waals surface area contributed by atoms with Crippen molar-refractivity contribution < 1.29 is 50.0 Å². The van der Waals surface area contributed by atoms with Gasteiger partial charge in [-0.05, 0) is 42.2 Å². The van der Waals surface area contributed by atoms with Gasteiger partial charge in [0.1, 0.15) is 35.7 Å². The van der Waals surface area contributed by atoms with Crippen LogP contribution in [0.15, 0.2) is 36.4 Å². The van der Waals surface area contributed by atoms with E-state index in [0.717, 1.165) is 0 Å². The highest BCUT2D eigenvalue weighted by atomic mass is 16.7. The number of carbonyl (C=O) groups is 1. The Hall–Kier alpha value is -2.89. The number of aliphatic hydroxyl groups is 4. The number of aromatic hydroxyl groups is 2. The van der Waals surface area contributed by atoms with Crippen molar-refractivity contribution in [3.05, 3.63) is 53.1 Å². The Balaban J connectivity index is 1.76. The number of phenolic OH excluding ortho intramolecular Hbond substituents is 1. The number of ether oxygens (including phenoxy) is 2. The molecule has 1 aliphatic rings. The minimum atomic E-state index is -1.63. The summed E-state index contributed by atoms with van der Waals surface area (Å²) in [5.41, 5.74) is 0.896. The van der Waals surface area contributed by atoms with Gasteiger partial charge in [0.05, 0.1) is 6.61 Å². The molecule has 168 valence electrons. The highest BCUT2D eigenvalue weighted by Crippen LogP contribution is 2.32. The van der Waals surface area contributed by atoms with Crippen LogP contribution in [-0.2, 0) is 17.6 Å². The van der Waals surface area contributed by atoms with Crippen LogP contribution in [0.25, 0.3) is 0 Å². The summed E-state index contributed by atoms with van der Waals surface area (Å²) in [6.45, 7) is -0.618. The predicted octanol–water partition coefficient (Wildman–Crippen LogP) is -0.240. The van der Waals surface area contributed by atoms with Crippen LogP contribution in [0.3, 0.4) is 0 Å². The molecule has 0 aliphatic carbocycles. The number of hydrogen-bond donors (Lipinski definition) is 7. The SMILES string of the molecule is O=C(O)c1c(O)cccc1CCc1ccc(O)c(OC2OC(CO)C(O)C(O)C2O)c1. The molecule has 0 aromatic heterocycles. The Bertz CT molecular complexity index is 928. The predicted molar refractivity (Wildman–Crippen MR) is 105 cm³/mol. The molecule has 1 aliphatic heterocycles. The highest BCUT2D eigenvalue weighted by molar-refractivity contribution is 5.92. The number of aryl methyl sites for hydroxylation is 2. The monoisotopic (exact) mass is 436 g/mol. The molecule has 10 heteroatoms. The van der Waals surface area contributed by atoms with E-state index in [-0.39, 0.29) is 29.2 Å². The van der Waals surface area contributed by atoms with E-state index in [2.05, 4.69) is 0 Å². The van der Waals surface area contributed by atoms with Gasteiger partial charge in [0.15, 0.2) is 11.5 Å². The molecule has 2 aromatic carbocycles. The zero-order valence-corrected chi connectivity index (χ0v) is 16.3. The molecular weight excluding hydrogens is 412 g/mol. The molecule has 5 atom stereocenters. The van der Waals surface area contributed by atoms with Crippen LogP contribution in [0.5, 0.6) is 17.2 Å². The third kappa shape index (κ3) is 4.89. The number of phenols is 2. The van der Waals surface area contributed by atoms with Crippen molar-refractivity contribution in [3.8, 4) is 17.2 Å². The zero-order valence-electron chi connectivity index (χ0n) is 16.3. The lowest BCUT2D eigenvalue weighted by Gasteiger charge is -2.39. The van der Waals surface area contributed by atoms with E-state index in [1.807, 2.05) is 0 Å². The van der Waals surface area contributed by atoms with Gasteiger partial charge in [0.25, 0.3) is 0 Å². The quantitative estimate of drug-likeness (QED) is 0.306. The summed E-state index contributed by atoms with van der Waals surface area (Å²) in [5.74, 6) is -1.92. The van der Waals surface area contributed by atoms with Gasteiger partial charge in [-0.2, -0.15) is 0 Å². The fraction of sp³-hybridized carbons (Fsp3) is 0.381. The smallest absolute Gasteiger partial charge is 0.339 e. The summed E-state index contributed by atoms with van der Waals surface area (Å²) in [6.07, 6.45) is -6.79. The minimum absolute atomic E-state index is 0.0730. The van der Waals surface area contributed by atoms with Crippen molar-refractivity contribution in [2.24, 2.45) is 0 Å². The number of hydrogen-bond acceptors (Lipinski definition) is 9. The normalized spacial score (nSPS) is 25.9. The number of benzene rings is 2. The summed E-state index contributed by atoms with van der Waals surface area (Å²) in [5, 5.41) is 68.3. The van der Waals surface area contributed by atoms with E-state index in [1.54, 1.807) is 18.2 Å². The van der Waals surface area contributed by atoms with E-state index in [4.69, 9.17) is 9.47 Å². The van der Waals surface area contributed by atoms with E-state index >= 15 is 0 Å². The molecule has 2 aromatic rings. The Kier molecular flexibility index (Phi) is 6.98. The van der Waals surface area contributed by atoms with E-state index < -0.39 is 43.3 Å². The molecule has 7 N–H and O–H groups in total.